The Labute approximate surface area is 80.7 Å². The van der Waals surface area contributed by atoms with Gasteiger partial charge in [0.1, 0.15) is 0 Å². The Morgan fingerprint density at radius 2 is 2.25 bits per heavy atom. The summed E-state index contributed by atoms with van der Waals surface area (Å²) in [6, 6.07) is 0.826. The third kappa shape index (κ3) is 3.81. The summed E-state index contributed by atoms with van der Waals surface area (Å²) in [5.74, 6) is 2.32. The van der Waals surface area contributed by atoms with Gasteiger partial charge in [-0.05, 0) is 50.2 Å². The van der Waals surface area contributed by atoms with Gasteiger partial charge in [0.25, 0.3) is 0 Å². The maximum absolute atomic E-state index is 3.65. The van der Waals surface area contributed by atoms with Crippen molar-refractivity contribution < 1.29 is 0 Å². The average molecular weight is 187 g/mol. The fourth-order valence-corrected chi connectivity index (χ4v) is 2.08. The second-order valence-corrected chi connectivity index (χ2v) is 4.64. The van der Waals surface area contributed by atoms with Crippen molar-refractivity contribution in [1.29, 1.82) is 0 Å². The summed E-state index contributed by atoms with van der Waals surface area (Å²) in [5.41, 5.74) is 0. The summed E-state index contributed by atoms with van der Waals surface area (Å²) in [4.78, 5) is 0. The van der Waals surface area contributed by atoms with E-state index in [1.165, 1.54) is 38.0 Å². The van der Waals surface area contributed by atoms with Gasteiger partial charge in [-0.25, -0.2) is 0 Å². The maximum Gasteiger partial charge on any atom is 0.00927 e. The molecule has 0 bridgehead atoms. The van der Waals surface area contributed by atoms with E-state index in [4.69, 9.17) is 0 Å². The first-order valence-corrected chi connectivity index (χ1v) is 6.50. The lowest BCUT2D eigenvalue weighted by atomic mass is 10.1. The van der Waals surface area contributed by atoms with E-state index in [2.05, 4.69) is 18.5 Å². The predicted molar refractivity (Wildman–Crippen MR) is 57.8 cm³/mol. The molecule has 0 amide bonds. The first-order valence-electron chi connectivity index (χ1n) is 5.10. The topological polar surface area (TPSA) is 12.0 Å². The quantitative estimate of drug-likeness (QED) is 0.615. The van der Waals surface area contributed by atoms with Crippen molar-refractivity contribution in [3.05, 3.63) is 0 Å². The van der Waals surface area contributed by atoms with Crippen molar-refractivity contribution in [2.24, 2.45) is 5.92 Å². The lowest BCUT2D eigenvalue weighted by Crippen LogP contribution is -2.31. The third-order valence-corrected chi connectivity index (χ3v) is 3.26. The molecule has 1 aliphatic carbocycles. The average Bonchev–Trinajstić information content (AvgIpc) is 2.88. The molecule has 0 saturated heterocycles. The molecule has 0 radical (unpaired) electrons. The molecule has 0 aromatic rings. The summed E-state index contributed by atoms with van der Waals surface area (Å²) < 4.78 is 0. The fourth-order valence-electron chi connectivity index (χ4n) is 1.65. The molecule has 72 valence electrons. The zero-order valence-corrected chi connectivity index (χ0v) is 9.12. The van der Waals surface area contributed by atoms with Gasteiger partial charge in [0.05, 0.1) is 0 Å². The van der Waals surface area contributed by atoms with Gasteiger partial charge in [-0.3, -0.25) is 0 Å². The number of rotatable bonds is 7. The normalized spacial score (nSPS) is 19.5. The second kappa shape index (κ2) is 5.87. The van der Waals surface area contributed by atoms with Crippen LogP contribution < -0.4 is 5.32 Å². The minimum Gasteiger partial charge on any atom is -0.314 e. The standard InChI is InChI=1S/C10H21NS/c1-3-10(9-5-6-9)11-7-4-8-12-2/h9-11H,3-8H2,1-2H3. The van der Waals surface area contributed by atoms with Crippen LogP contribution in [0, 0.1) is 5.92 Å². The lowest BCUT2D eigenvalue weighted by molar-refractivity contribution is 0.451. The second-order valence-electron chi connectivity index (χ2n) is 3.65. The van der Waals surface area contributed by atoms with Crippen LogP contribution >= 0.6 is 11.8 Å². The van der Waals surface area contributed by atoms with Crippen LogP contribution in [0.15, 0.2) is 0 Å². The van der Waals surface area contributed by atoms with Gasteiger partial charge in [0, 0.05) is 6.04 Å². The summed E-state index contributed by atoms with van der Waals surface area (Å²) in [6.07, 6.45) is 7.74. The molecule has 1 saturated carbocycles. The van der Waals surface area contributed by atoms with Crippen molar-refractivity contribution >= 4 is 11.8 Å². The Balaban J connectivity index is 1.95. The molecule has 12 heavy (non-hydrogen) atoms. The van der Waals surface area contributed by atoms with Crippen molar-refractivity contribution in [3.8, 4) is 0 Å². The number of hydrogen-bond donors (Lipinski definition) is 1. The van der Waals surface area contributed by atoms with Gasteiger partial charge in [-0.15, -0.1) is 0 Å². The SMILES string of the molecule is CCC(NCCCSC)C1CC1. The molecule has 1 fully saturated rings. The van der Waals surface area contributed by atoms with E-state index < -0.39 is 0 Å². The lowest BCUT2D eigenvalue weighted by Gasteiger charge is -2.15. The minimum absolute atomic E-state index is 0.826. The fraction of sp³-hybridized carbons (Fsp3) is 1.00. The highest BCUT2D eigenvalue weighted by atomic mass is 32.2. The van der Waals surface area contributed by atoms with Gasteiger partial charge in [-0.1, -0.05) is 6.92 Å². The number of nitrogens with one attached hydrogen (secondary N) is 1. The summed E-state index contributed by atoms with van der Waals surface area (Å²) >= 11 is 1.94. The van der Waals surface area contributed by atoms with Crippen molar-refractivity contribution in [1.82, 2.24) is 5.32 Å². The van der Waals surface area contributed by atoms with Crippen molar-refractivity contribution in [3.63, 3.8) is 0 Å². The molecule has 1 atom stereocenters. The van der Waals surface area contributed by atoms with E-state index in [-0.39, 0.29) is 0 Å². The minimum atomic E-state index is 0.826. The smallest absolute Gasteiger partial charge is 0.00927 e. The summed E-state index contributed by atoms with van der Waals surface area (Å²) in [7, 11) is 0. The van der Waals surface area contributed by atoms with Crippen LogP contribution in [0.3, 0.4) is 0 Å². The molecule has 1 nitrogen and oxygen atoms in total. The highest BCUT2D eigenvalue weighted by molar-refractivity contribution is 7.98. The van der Waals surface area contributed by atoms with E-state index in [1.807, 2.05) is 11.8 Å². The molecule has 1 aliphatic rings. The molecular weight excluding hydrogens is 166 g/mol. The first kappa shape index (κ1) is 10.4. The van der Waals surface area contributed by atoms with Crippen LogP contribution in [-0.2, 0) is 0 Å². The molecule has 1 N–H and O–H groups in total. The maximum atomic E-state index is 3.65. The van der Waals surface area contributed by atoms with Gasteiger partial charge < -0.3 is 5.32 Å². The molecule has 1 rings (SSSR count). The zero-order valence-electron chi connectivity index (χ0n) is 8.31. The van der Waals surface area contributed by atoms with Gasteiger partial charge in [0.2, 0.25) is 0 Å². The van der Waals surface area contributed by atoms with Crippen molar-refractivity contribution in [2.75, 3.05) is 18.6 Å². The monoisotopic (exact) mass is 187 g/mol. The summed E-state index contributed by atoms with van der Waals surface area (Å²) in [6.45, 7) is 3.51. The molecular formula is C10H21NS. The Hall–Kier alpha value is 0.310. The van der Waals surface area contributed by atoms with E-state index in [1.54, 1.807) is 0 Å². The first-order chi connectivity index (χ1) is 5.88. The molecule has 2 heteroatoms. The predicted octanol–water partition coefficient (Wildman–Crippen LogP) is 2.52. The van der Waals surface area contributed by atoms with Crippen LogP contribution in [-0.4, -0.2) is 24.6 Å². The molecule has 1 unspecified atom stereocenters. The number of hydrogen-bond acceptors (Lipinski definition) is 2. The Bertz CT molecular complexity index is 112. The molecule has 0 spiro atoms. The van der Waals surface area contributed by atoms with E-state index in [9.17, 15) is 0 Å². The van der Waals surface area contributed by atoms with Crippen LogP contribution in [0.2, 0.25) is 0 Å². The zero-order chi connectivity index (χ0) is 8.81. The Morgan fingerprint density at radius 3 is 2.75 bits per heavy atom. The van der Waals surface area contributed by atoms with Gasteiger partial charge in [-0.2, -0.15) is 11.8 Å². The molecule has 0 aromatic heterocycles. The van der Waals surface area contributed by atoms with Gasteiger partial charge in [0.15, 0.2) is 0 Å². The van der Waals surface area contributed by atoms with Crippen LogP contribution in [0.5, 0.6) is 0 Å². The van der Waals surface area contributed by atoms with Crippen LogP contribution in [0.4, 0.5) is 0 Å². The van der Waals surface area contributed by atoms with E-state index in [0.29, 0.717) is 0 Å². The molecule has 0 heterocycles. The van der Waals surface area contributed by atoms with Crippen LogP contribution in [0.1, 0.15) is 32.6 Å². The summed E-state index contributed by atoms with van der Waals surface area (Å²) in [5, 5.41) is 3.65. The Kier molecular flexibility index (Phi) is 5.08. The highest BCUT2D eigenvalue weighted by Gasteiger charge is 2.28. The largest absolute Gasteiger partial charge is 0.314 e. The van der Waals surface area contributed by atoms with Crippen LogP contribution in [0.25, 0.3) is 0 Å². The molecule has 0 aliphatic heterocycles. The van der Waals surface area contributed by atoms with E-state index in [0.717, 1.165) is 12.0 Å². The number of thioether (sulfide) groups is 1. The van der Waals surface area contributed by atoms with Gasteiger partial charge >= 0.3 is 0 Å². The van der Waals surface area contributed by atoms with E-state index >= 15 is 0 Å². The molecule has 0 aromatic carbocycles. The highest BCUT2D eigenvalue weighted by Crippen LogP contribution is 2.33. The third-order valence-electron chi connectivity index (χ3n) is 2.56. The van der Waals surface area contributed by atoms with Crippen molar-refractivity contribution in [2.45, 2.75) is 38.6 Å². The Morgan fingerprint density at radius 1 is 1.50 bits per heavy atom.